The van der Waals surface area contributed by atoms with Crippen molar-refractivity contribution in [3.05, 3.63) is 84.4 Å². The van der Waals surface area contributed by atoms with Gasteiger partial charge in [-0.3, -0.25) is 4.79 Å². The largest absolute Gasteiger partial charge is 0.376 e. The minimum atomic E-state index is -0.267. The number of urea groups is 1. The van der Waals surface area contributed by atoms with E-state index in [4.69, 9.17) is 4.74 Å². The van der Waals surface area contributed by atoms with E-state index in [0.29, 0.717) is 24.3 Å². The molecule has 0 radical (unpaired) electrons. The van der Waals surface area contributed by atoms with E-state index in [1.807, 2.05) is 42.5 Å². The minimum Gasteiger partial charge on any atom is -0.376 e. The monoisotopic (exact) mass is 429 g/mol. The molecule has 0 bridgehead atoms. The van der Waals surface area contributed by atoms with Gasteiger partial charge >= 0.3 is 6.03 Å². The average Bonchev–Trinajstić information content (AvgIpc) is 3.34. The fourth-order valence-electron chi connectivity index (χ4n) is 3.66. The Labute approximate surface area is 188 Å². The van der Waals surface area contributed by atoms with Gasteiger partial charge in [0.25, 0.3) is 0 Å². The number of hydrogen-bond donors (Lipinski definition) is 3. The van der Waals surface area contributed by atoms with Gasteiger partial charge in [0.2, 0.25) is 5.91 Å². The van der Waals surface area contributed by atoms with E-state index in [0.717, 1.165) is 36.1 Å². The number of carbonyl (C=O) groups excluding carboxylic acids is 2. The van der Waals surface area contributed by atoms with Gasteiger partial charge in [-0.25, -0.2) is 4.79 Å². The lowest BCUT2D eigenvalue weighted by molar-refractivity contribution is -0.115. The molecule has 3 aromatic carbocycles. The second-order valence-corrected chi connectivity index (χ2v) is 7.84. The quantitative estimate of drug-likeness (QED) is 0.503. The third-order valence-corrected chi connectivity index (χ3v) is 5.37. The van der Waals surface area contributed by atoms with Crippen LogP contribution < -0.4 is 16.0 Å². The first-order chi connectivity index (χ1) is 15.7. The summed E-state index contributed by atoms with van der Waals surface area (Å²) in [4.78, 5) is 24.4. The lowest BCUT2D eigenvalue weighted by Crippen LogP contribution is -2.35. The molecule has 1 unspecified atom stereocenters. The van der Waals surface area contributed by atoms with Crippen molar-refractivity contribution in [1.82, 2.24) is 5.32 Å². The molecule has 1 atom stereocenters. The van der Waals surface area contributed by atoms with E-state index in [9.17, 15) is 9.59 Å². The molecule has 0 aromatic heterocycles. The van der Waals surface area contributed by atoms with Gasteiger partial charge in [0, 0.05) is 24.5 Å². The summed E-state index contributed by atoms with van der Waals surface area (Å²) in [6.45, 7) is 1.27. The summed E-state index contributed by atoms with van der Waals surface area (Å²) in [6.07, 6.45) is 2.42. The molecule has 1 aliphatic heterocycles. The minimum absolute atomic E-state index is 0.0903. The van der Waals surface area contributed by atoms with Crippen LogP contribution in [0.25, 0.3) is 11.1 Å². The lowest BCUT2D eigenvalue weighted by atomic mass is 10.0. The van der Waals surface area contributed by atoms with Gasteiger partial charge in [0.05, 0.1) is 12.5 Å². The summed E-state index contributed by atoms with van der Waals surface area (Å²) in [7, 11) is 0. The number of anilines is 2. The predicted octanol–water partition coefficient (Wildman–Crippen LogP) is 4.84. The van der Waals surface area contributed by atoms with Crippen molar-refractivity contribution in [2.75, 3.05) is 23.8 Å². The Hall–Kier alpha value is -3.64. The van der Waals surface area contributed by atoms with Crippen LogP contribution >= 0.6 is 0 Å². The normalized spacial score (nSPS) is 15.2. The molecule has 4 rings (SSSR count). The van der Waals surface area contributed by atoms with Crippen LogP contribution in [0.3, 0.4) is 0 Å². The van der Waals surface area contributed by atoms with Crippen molar-refractivity contribution in [2.24, 2.45) is 0 Å². The Morgan fingerprint density at radius 1 is 0.812 bits per heavy atom. The van der Waals surface area contributed by atoms with Crippen LogP contribution in [-0.4, -0.2) is 31.2 Å². The van der Waals surface area contributed by atoms with Crippen molar-refractivity contribution < 1.29 is 14.3 Å². The molecule has 1 heterocycles. The van der Waals surface area contributed by atoms with E-state index in [2.05, 4.69) is 28.1 Å². The lowest BCUT2D eigenvalue weighted by Gasteiger charge is -2.12. The Kier molecular flexibility index (Phi) is 7.15. The highest BCUT2D eigenvalue weighted by Crippen LogP contribution is 2.20. The third-order valence-electron chi connectivity index (χ3n) is 5.37. The highest BCUT2D eigenvalue weighted by Gasteiger charge is 2.16. The summed E-state index contributed by atoms with van der Waals surface area (Å²) < 4.78 is 5.49. The number of hydrogen-bond acceptors (Lipinski definition) is 3. The SMILES string of the molecule is O=C(Cc1ccc(-c2ccccc2)cc1)Nc1ccc(NC(=O)NCC2CCCO2)cc1. The molecule has 1 fully saturated rings. The maximum atomic E-state index is 12.4. The van der Waals surface area contributed by atoms with Gasteiger partial charge in [-0.2, -0.15) is 0 Å². The molecule has 3 amide bonds. The molecule has 3 aromatic rings. The number of ether oxygens (including phenoxy) is 1. The van der Waals surface area contributed by atoms with Crippen LogP contribution in [0.15, 0.2) is 78.9 Å². The highest BCUT2D eigenvalue weighted by atomic mass is 16.5. The molecule has 3 N–H and O–H groups in total. The van der Waals surface area contributed by atoms with Gasteiger partial charge in [-0.05, 0) is 53.8 Å². The molecule has 0 saturated carbocycles. The van der Waals surface area contributed by atoms with Crippen molar-refractivity contribution in [3.8, 4) is 11.1 Å². The van der Waals surface area contributed by atoms with Crippen LogP contribution in [0.5, 0.6) is 0 Å². The van der Waals surface area contributed by atoms with Gasteiger partial charge in [-0.15, -0.1) is 0 Å². The van der Waals surface area contributed by atoms with Crippen LogP contribution in [0.4, 0.5) is 16.2 Å². The smallest absolute Gasteiger partial charge is 0.319 e. The van der Waals surface area contributed by atoms with Crippen LogP contribution in [-0.2, 0) is 16.0 Å². The summed E-state index contributed by atoms with van der Waals surface area (Å²) in [6, 6.07) is 24.9. The van der Waals surface area contributed by atoms with Gasteiger partial charge in [0.15, 0.2) is 0 Å². The molecule has 1 saturated heterocycles. The standard InChI is InChI=1S/C26H27N3O3/c30-25(17-19-8-10-21(11-9-19)20-5-2-1-3-6-20)28-22-12-14-23(15-13-22)29-26(31)27-18-24-7-4-16-32-24/h1-3,5-6,8-15,24H,4,7,16-18H2,(H,28,30)(H2,27,29,31). The third kappa shape index (κ3) is 6.18. The first-order valence-corrected chi connectivity index (χ1v) is 10.9. The maximum absolute atomic E-state index is 12.4. The zero-order valence-corrected chi connectivity index (χ0v) is 17.8. The Balaban J connectivity index is 1.24. The summed E-state index contributed by atoms with van der Waals surface area (Å²) >= 11 is 0. The first-order valence-electron chi connectivity index (χ1n) is 10.9. The van der Waals surface area contributed by atoms with E-state index in [1.54, 1.807) is 24.3 Å². The molecule has 6 heteroatoms. The summed E-state index contributed by atoms with van der Waals surface area (Å²) in [5, 5.41) is 8.50. The summed E-state index contributed by atoms with van der Waals surface area (Å²) in [5.74, 6) is -0.0903. The van der Waals surface area contributed by atoms with Gasteiger partial charge in [0.1, 0.15) is 0 Å². The maximum Gasteiger partial charge on any atom is 0.319 e. The second kappa shape index (κ2) is 10.6. The molecule has 32 heavy (non-hydrogen) atoms. The average molecular weight is 430 g/mol. The Bertz CT molecular complexity index is 1030. The highest BCUT2D eigenvalue weighted by molar-refractivity contribution is 5.93. The van der Waals surface area contributed by atoms with Crippen LogP contribution in [0.1, 0.15) is 18.4 Å². The second-order valence-electron chi connectivity index (χ2n) is 7.84. The molecule has 1 aliphatic rings. The number of rotatable bonds is 7. The molecule has 0 spiro atoms. The van der Waals surface area contributed by atoms with Crippen molar-refractivity contribution in [3.63, 3.8) is 0 Å². The van der Waals surface area contributed by atoms with Crippen molar-refractivity contribution in [2.45, 2.75) is 25.4 Å². The van der Waals surface area contributed by atoms with Crippen LogP contribution in [0.2, 0.25) is 0 Å². The number of amides is 3. The van der Waals surface area contributed by atoms with Gasteiger partial charge < -0.3 is 20.7 Å². The summed E-state index contributed by atoms with van der Waals surface area (Å²) in [5.41, 5.74) is 4.56. The van der Waals surface area contributed by atoms with E-state index >= 15 is 0 Å². The van der Waals surface area contributed by atoms with Crippen molar-refractivity contribution >= 4 is 23.3 Å². The number of carbonyl (C=O) groups is 2. The first kappa shape index (κ1) is 21.6. The molecular formula is C26H27N3O3. The molecule has 164 valence electrons. The zero-order chi connectivity index (χ0) is 22.2. The van der Waals surface area contributed by atoms with Gasteiger partial charge in [-0.1, -0.05) is 54.6 Å². The predicted molar refractivity (Wildman–Crippen MR) is 127 cm³/mol. The number of benzene rings is 3. The Morgan fingerprint density at radius 3 is 2.12 bits per heavy atom. The molecule has 0 aliphatic carbocycles. The molecule has 6 nitrogen and oxygen atoms in total. The van der Waals surface area contributed by atoms with Crippen molar-refractivity contribution in [1.29, 1.82) is 0 Å². The van der Waals surface area contributed by atoms with Crippen LogP contribution in [0, 0.1) is 0 Å². The Morgan fingerprint density at radius 2 is 1.47 bits per heavy atom. The fraction of sp³-hybridized carbons (Fsp3) is 0.231. The number of nitrogens with one attached hydrogen (secondary N) is 3. The zero-order valence-electron chi connectivity index (χ0n) is 17.8. The fourth-order valence-corrected chi connectivity index (χ4v) is 3.66. The van der Waals surface area contributed by atoms with E-state index < -0.39 is 0 Å². The molecular weight excluding hydrogens is 402 g/mol. The topological polar surface area (TPSA) is 79.5 Å². The van der Waals surface area contributed by atoms with E-state index in [1.165, 1.54) is 0 Å². The van der Waals surface area contributed by atoms with E-state index in [-0.39, 0.29) is 18.0 Å².